The van der Waals surface area contributed by atoms with E-state index >= 15 is 0 Å². The summed E-state index contributed by atoms with van der Waals surface area (Å²) in [5.74, 6) is -0.0714. The number of carbonyl (C=O) groups is 2. The van der Waals surface area contributed by atoms with Gasteiger partial charge in [0, 0.05) is 18.2 Å². The first-order chi connectivity index (χ1) is 12.7. The van der Waals surface area contributed by atoms with Crippen LogP contribution in [0.2, 0.25) is 0 Å². The minimum atomic E-state index is -1.30. The van der Waals surface area contributed by atoms with Gasteiger partial charge in [-0.3, -0.25) is 9.88 Å². The van der Waals surface area contributed by atoms with Crippen LogP contribution in [0.4, 0.5) is 10.6 Å². The van der Waals surface area contributed by atoms with Gasteiger partial charge in [-0.25, -0.2) is 9.59 Å². The molecule has 1 aliphatic rings. The van der Waals surface area contributed by atoms with Crippen LogP contribution in [-0.4, -0.2) is 56.6 Å². The van der Waals surface area contributed by atoms with Crippen LogP contribution in [0.15, 0.2) is 17.6 Å². The number of carbonyl (C=O) groups excluding carboxylic acids is 2. The molecule has 2 heterocycles. The van der Waals surface area contributed by atoms with E-state index in [1.807, 2.05) is 0 Å². The molecule has 0 spiro atoms. The quantitative estimate of drug-likeness (QED) is 0.578. The number of anilines is 1. The van der Waals surface area contributed by atoms with Gasteiger partial charge in [0.05, 0.1) is 12.7 Å². The Balaban J connectivity index is 2.12. The van der Waals surface area contributed by atoms with Crippen molar-refractivity contribution in [2.24, 2.45) is 0 Å². The van der Waals surface area contributed by atoms with Gasteiger partial charge < -0.3 is 24.5 Å². The fourth-order valence-corrected chi connectivity index (χ4v) is 2.59. The number of amides is 1. The van der Waals surface area contributed by atoms with Crippen molar-refractivity contribution in [1.29, 1.82) is 0 Å². The van der Waals surface area contributed by atoms with Gasteiger partial charge in [0.1, 0.15) is 23.8 Å². The topological polar surface area (TPSA) is 140 Å². The Morgan fingerprint density at radius 3 is 2.70 bits per heavy atom. The average Bonchev–Trinajstić information content (AvgIpc) is 2.86. The summed E-state index contributed by atoms with van der Waals surface area (Å²) in [5.41, 5.74) is -0.502. The van der Waals surface area contributed by atoms with Gasteiger partial charge in [-0.05, 0) is 20.3 Å². The number of aliphatic hydroxyl groups excluding tert-OH is 2. The largest absolute Gasteiger partial charge is 0.449 e. The van der Waals surface area contributed by atoms with Gasteiger partial charge in [-0.1, -0.05) is 12.7 Å². The van der Waals surface area contributed by atoms with Crippen molar-refractivity contribution in [3.63, 3.8) is 0 Å². The van der Waals surface area contributed by atoms with Gasteiger partial charge in [-0.2, -0.15) is 4.98 Å². The summed E-state index contributed by atoms with van der Waals surface area (Å²) < 4.78 is 11.4. The second-order valence-corrected chi connectivity index (χ2v) is 6.22. The fraction of sp³-hybridized carbons (Fsp3) is 0.529. The maximum atomic E-state index is 12.3. The number of ether oxygens (including phenoxy) is 2. The third kappa shape index (κ3) is 5.00. The van der Waals surface area contributed by atoms with Crippen molar-refractivity contribution in [3.8, 4) is 0 Å². The van der Waals surface area contributed by atoms with E-state index in [-0.39, 0.29) is 18.2 Å². The highest BCUT2D eigenvalue weighted by atomic mass is 16.6. The lowest BCUT2D eigenvalue weighted by Gasteiger charge is -2.18. The Labute approximate surface area is 155 Å². The second-order valence-electron chi connectivity index (χ2n) is 6.22. The third-order valence-corrected chi connectivity index (χ3v) is 4.08. The van der Waals surface area contributed by atoms with Crippen molar-refractivity contribution in [1.82, 2.24) is 9.55 Å². The molecular weight excluding hydrogens is 358 g/mol. The van der Waals surface area contributed by atoms with E-state index in [0.717, 1.165) is 4.57 Å². The highest BCUT2D eigenvalue weighted by Crippen LogP contribution is 2.28. The van der Waals surface area contributed by atoms with E-state index in [1.54, 1.807) is 6.92 Å². The Morgan fingerprint density at radius 2 is 2.15 bits per heavy atom. The van der Waals surface area contributed by atoms with Crippen LogP contribution in [0.1, 0.15) is 38.5 Å². The van der Waals surface area contributed by atoms with E-state index in [4.69, 9.17) is 9.47 Å². The van der Waals surface area contributed by atoms with E-state index in [0.29, 0.717) is 18.4 Å². The molecule has 1 aromatic heterocycles. The molecule has 3 N–H and O–H groups in total. The van der Waals surface area contributed by atoms with Gasteiger partial charge in [0.15, 0.2) is 6.23 Å². The smallest absolute Gasteiger partial charge is 0.412 e. The molecular formula is C17H23N3O7. The number of hydrogen-bond acceptors (Lipinski definition) is 8. The Kier molecular flexibility index (Phi) is 6.83. The molecule has 1 fully saturated rings. The number of aromatic nitrogens is 2. The van der Waals surface area contributed by atoms with Crippen LogP contribution in [-0.2, 0) is 14.3 Å². The van der Waals surface area contributed by atoms with Crippen LogP contribution in [0, 0.1) is 0 Å². The monoisotopic (exact) mass is 381 g/mol. The van der Waals surface area contributed by atoms with E-state index in [9.17, 15) is 24.6 Å². The van der Waals surface area contributed by atoms with Gasteiger partial charge >= 0.3 is 11.8 Å². The molecule has 1 aromatic rings. The summed E-state index contributed by atoms with van der Waals surface area (Å²) in [7, 11) is 0. The first-order valence-corrected chi connectivity index (χ1v) is 8.45. The number of Topliss-reactive ketones (excluding diaryl/α,β-unsaturated/α-hetero) is 1. The van der Waals surface area contributed by atoms with Crippen LogP contribution >= 0.6 is 0 Å². The average molecular weight is 381 g/mol. The van der Waals surface area contributed by atoms with Crippen LogP contribution in [0.25, 0.3) is 6.08 Å². The van der Waals surface area contributed by atoms with Crippen molar-refractivity contribution in [2.75, 3.05) is 11.9 Å². The molecule has 1 saturated heterocycles. The molecule has 0 radical (unpaired) electrons. The molecule has 0 saturated carbocycles. The Morgan fingerprint density at radius 1 is 1.44 bits per heavy atom. The second kappa shape index (κ2) is 8.89. The lowest BCUT2D eigenvalue weighted by Crippen LogP contribution is -2.36. The first kappa shape index (κ1) is 20.7. The van der Waals surface area contributed by atoms with E-state index < -0.39 is 36.3 Å². The fourth-order valence-electron chi connectivity index (χ4n) is 2.59. The molecule has 2 rings (SSSR count). The predicted molar refractivity (Wildman–Crippen MR) is 95.1 cm³/mol. The summed E-state index contributed by atoms with van der Waals surface area (Å²) in [6.07, 6.45) is -1.68. The SMILES string of the molecule is C=Cc1cn([C@@H]2O[C@H](C)[C@@H](O)[C@H]2O)c(=O)nc1NC(=O)OCCCC(C)=O. The first-order valence-electron chi connectivity index (χ1n) is 8.45. The van der Waals surface area contributed by atoms with Crippen molar-refractivity contribution < 1.29 is 29.3 Å². The van der Waals surface area contributed by atoms with Crippen molar-refractivity contribution in [3.05, 3.63) is 28.8 Å². The summed E-state index contributed by atoms with van der Waals surface area (Å²) >= 11 is 0. The standard InChI is InChI=1S/C17H23N3O7/c1-4-11-8-20(15-13(23)12(22)10(3)27-15)16(24)18-14(11)19-17(25)26-7-5-6-9(2)21/h4,8,10,12-13,15,22-23H,1,5-7H2,2-3H3,(H,18,19,24,25)/t10-,12-,13-,15-/m1/s1. The van der Waals surface area contributed by atoms with Crippen LogP contribution in [0.5, 0.6) is 0 Å². The molecule has 0 aliphatic carbocycles. The number of nitrogens with one attached hydrogen (secondary N) is 1. The normalized spacial score (nSPS) is 24.4. The maximum Gasteiger partial charge on any atom is 0.412 e. The zero-order chi connectivity index (χ0) is 20.1. The van der Waals surface area contributed by atoms with Gasteiger partial charge in [-0.15, -0.1) is 0 Å². The molecule has 27 heavy (non-hydrogen) atoms. The number of rotatable bonds is 7. The van der Waals surface area contributed by atoms with Crippen LogP contribution < -0.4 is 11.0 Å². The molecule has 148 valence electrons. The minimum absolute atomic E-state index is 0.00557. The van der Waals surface area contributed by atoms with Gasteiger partial charge in [0.2, 0.25) is 0 Å². The molecule has 4 atom stereocenters. The summed E-state index contributed by atoms with van der Waals surface area (Å²) in [5, 5.41) is 22.2. The molecule has 0 unspecified atom stereocenters. The maximum absolute atomic E-state index is 12.3. The lowest BCUT2D eigenvalue weighted by atomic mass is 10.1. The Hall–Kier alpha value is -2.56. The van der Waals surface area contributed by atoms with E-state index in [2.05, 4.69) is 16.9 Å². The molecule has 0 aromatic carbocycles. The van der Waals surface area contributed by atoms with Gasteiger partial charge in [0.25, 0.3) is 0 Å². The third-order valence-electron chi connectivity index (χ3n) is 4.08. The summed E-state index contributed by atoms with van der Waals surface area (Å²) in [4.78, 5) is 38.7. The number of nitrogens with zero attached hydrogens (tertiary/aromatic N) is 2. The van der Waals surface area contributed by atoms with E-state index in [1.165, 1.54) is 19.2 Å². The number of aliphatic hydroxyl groups is 2. The Bertz CT molecular complexity index is 776. The summed E-state index contributed by atoms with van der Waals surface area (Å²) in [6.45, 7) is 6.66. The van der Waals surface area contributed by atoms with Crippen molar-refractivity contribution >= 4 is 23.8 Å². The highest BCUT2D eigenvalue weighted by Gasteiger charge is 2.42. The summed E-state index contributed by atoms with van der Waals surface area (Å²) in [6, 6.07) is 0. The molecule has 10 nitrogen and oxygen atoms in total. The minimum Gasteiger partial charge on any atom is -0.449 e. The van der Waals surface area contributed by atoms with Crippen molar-refractivity contribution in [2.45, 2.75) is 51.2 Å². The highest BCUT2D eigenvalue weighted by molar-refractivity contribution is 5.85. The predicted octanol–water partition coefficient (Wildman–Crippen LogP) is 0.443. The molecule has 1 aliphatic heterocycles. The zero-order valence-electron chi connectivity index (χ0n) is 15.1. The molecule has 1 amide bonds. The number of ketones is 1. The lowest BCUT2D eigenvalue weighted by molar-refractivity contribution is -0.117. The molecule has 10 heteroatoms. The number of hydrogen-bond donors (Lipinski definition) is 3. The molecule has 0 bridgehead atoms. The van der Waals surface area contributed by atoms with Crippen LogP contribution in [0.3, 0.4) is 0 Å². The zero-order valence-corrected chi connectivity index (χ0v) is 15.1.